The number of hydrogen-bond donors (Lipinski definition) is 1. The predicted octanol–water partition coefficient (Wildman–Crippen LogP) is 2.61. The molecule has 1 rings (SSSR count). The van der Waals surface area contributed by atoms with Gasteiger partial charge in [0.2, 0.25) is 0 Å². The molecule has 0 aliphatic rings. The quantitative estimate of drug-likeness (QED) is 0.744. The van der Waals surface area contributed by atoms with Gasteiger partial charge >= 0.3 is 0 Å². The van der Waals surface area contributed by atoms with E-state index in [0.29, 0.717) is 13.2 Å². The van der Waals surface area contributed by atoms with Gasteiger partial charge in [-0.25, -0.2) is 0 Å². The highest BCUT2D eigenvalue weighted by Crippen LogP contribution is 2.16. The van der Waals surface area contributed by atoms with Crippen LogP contribution in [-0.4, -0.2) is 31.8 Å². The number of carbonyl (C=O) groups is 1. The Labute approximate surface area is 121 Å². The van der Waals surface area contributed by atoms with Crippen LogP contribution in [0.5, 0.6) is 5.75 Å². The first-order valence-corrected chi connectivity index (χ1v) is 7.07. The largest absolute Gasteiger partial charge is 0.484 e. The molecule has 4 nitrogen and oxygen atoms in total. The Hall–Kier alpha value is -1.55. The molecule has 0 saturated heterocycles. The summed E-state index contributed by atoms with van der Waals surface area (Å²) in [5, 5.41) is 2.81. The molecule has 0 spiro atoms. The van der Waals surface area contributed by atoms with Crippen molar-refractivity contribution in [3.05, 3.63) is 29.3 Å². The van der Waals surface area contributed by atoms with E-state index < -0.39 is 0 Å². The van der Waals surface area contributed by atoms with E-state index in [-0.39, 0.29) is 18.6 Å². The van der Waals surface area contributed by atoms with E-state index in [1.165, 1.54) is 5.56 Å². The molecule has 0 bridgehead atoms. The third-order valence-electron chi connectivity index (χ3n) is 2.94. The van der Waals surface area contributed by atoms with Crippen LogP contribution < -0.4 is 10.1 Å². The summed E-state index contributed by atoms with van der Waals surface area (Å²) in [6.45, 7) is 9.39. The number of ether oxygens (including phenoxy) is 2. The zero-order chi connectivity index (χ0) is 15.0. The van der Waals surface area contributed by atoms with Crippen molar-refractivity contribution in [1.82, 2.24) is 5.32 Å². The number of carbonyl (C=O) groups excluding carboxylic acids is 1. The van der Waals surface area contributed by atoms with Crippen LogP contribution in [0, 0.1) is 13.8 Å². The summed E-state index contributed by atoms with van der Waals surface area (Å²) in [7, 11) is 0. The van der Waals surface area contributed by atoms with Gasteiger partial charge in [-0.2, -0.15) is 0 Å². The van der Waals surface area contributed by atoms with E-state index in [0.717, 1.165) is 17.7 Å². The molecule has 4 heteroatoms. The third kappa shape index (κ3) is 6.57. The number of amides is 1. The molecule has 1 N–H and O–H groups in total. The molecule has 1 amide bonds. The van der Waals surface area contributed by atoms with E-state index in [9.17, 15) is 4.79 Å². The minimum atomic E-state index is -0.104. The fourth-order valence-corrected chi connectivity index (χ4v) is 1.62. The molecular weight excluding hydrogens is 254 g/mol. The highest BCUT2D eigenvalue weighted by atomic mass is 16.5. The first kappa shape index (κ1) is 16.5. The standard InChI is InChI=1S/C16H25NO3/c1-12(2)19-9-5-8-17-16(18)11-20-15-7-6-13(3)14(4)10-15/h6-7,10,12H,5,8-9,11H2,1-4H3,(H,17,18). The smallest absolute Gasteiger partial charge is 0.257 e. The molecule has 0 aliphatic carbocycles. The lowest BCUT2D eigenvalue weighted by Gasteiger charge is -2.10. The van der Waals surface area contributed by atoms with Crippen molar-refractivity contribution >= 4 is 5.91 Å². The Kier molecular flexibility index (Phi) is 7.09. The predicted molar refractivity (Wildman–Crippen MR) is 80.1 cm³/mol. The molecule has 0 heterocycles. The Morgan fingerprint density at radius 2 is 2.00 bits per heavy atom. The van der Waals surface area contributed by atoms with Gasteiger partial charge in [-0.1, -0.05) is 6.07 Å². The average molecular weight is 279 g/mol. The number of nitrogens with one attached hydrogen (secondary N) is 1. The van der Waals surface area contributed by atoms with Crippen LogP contribution in [0.3, 0.4) is 0 Å². The molecular formula is C16H25NO3. The summed E-state index contributed by atoms with van der Waals surface area (Å²) >= 11 is 0. The normalized spacial score (nSPS) is 10.7. The maximum absolute atomic E-state index is 11.6. The molecule has 1 aromatic carbocycles. The van der Waals surface area contributed by atoms with Crippen LogP contribution >= 0.6 is 0 Å². The minimum absolute atomic E-state index is 0.0491. The SMILES string of the molecule is Cc1ccc(OCC(=O)NCCCOC(C)C)cc1C. The second kappa shape index (κ2) is 8.59. The molecule has 112 valence electrons. The van der Waals surface area contributed by atoms with Crippen LogP contribution in [0.2, 0.25) is 0 Å². The molecule has 0 radical (unpaired) electrons. The summed E-state index contributed by atoms with van der Waals surface area (Å²) in [5.74, 6) is 0.624. The van der Waals surface area contributed by atoms with E-state index in [1.807, 2.05) is 45.9 Å². The lowest BCUT2D eigenvalue weighted by molar-refractivity contribution is -0.123. The second-order valence-electron chi connectivity index (χ2n) is 5.16. The first-order valence-electron chi connectivity index (χ1n) is 7.07. The highest BCUT2D eigenvalue weighted by molar-refractivity contribution is 5.77. The lowest BCUT2D eigenvalue weighted by atomic mass is 10.1. The van der Waals surface area contributed by atoms with E-state index >= 15 is 0 Å². The van der Waals surface area contributed by atoms with Gasteiger partial charge in [0.1, 0.15) is 5.75 Å². The molecule has 20 heavy (non-hydrogen) atoms. The van der Waals surface area contributed by atoms with Crippen LogP contribution in [0.4, 0.5) is 0 Å². The van der Waals surface area contributed by atoms with Crippen LogP contribution in [0.1, 0.15) is 31.4 Å². The minimum Gasteiger partial charge on any atom is -0.484 e. The van der Waals surface area contributed by atoms with Crippen molar-refractivity contribution in [2.24, 2.45) is 0 Å². The monoisotopic (exact) mass is 279 g/mol. The summed E-state index contributed by atoms with van der Waals surface area (Å²) in [5.41, 5.74) is 2.38. The summed E-state index contributed by atoms with van der Waals surface area (Å²) in [6, 6.07) is 5.82. The Morgan fingerprint density at radius 1 is 1.25 bits per heavy atom. The molecule has 1 aromatic rings. The highest BCUT2D eigenvalue weighted by Gasteiger charge is 2.03. The maximum atomic E-state index is 11.6. The van der Waals surface area contributed by atoms with Gasteiger partial charge in [0.25, 0.3) is 5.91 Å². The van der Waals surface area contributed by atoms with Crippen LogP contribution in [-0.2, 0) is 9.53 Å². The van der Waals surface area contributed by atoms with Gasteiger partial charge in [-0.3, -0.25) is 4.79 Å². The molecule has 0 fully saturated rings. The maximum Gasteiger partial charge on any atom is 0.257 e. The van der Waals surface area contributed by atoms with Gasteiger partial charge in [-0.15, -0.1) is 0 Å². The number of hydrogen-bond acceptors (Lipinski definition) is 3. The van der Waals surface area contributed by atoms with E-state index in [1.54, 1.807) is 0 Å². The Morgan fingerprint density at radius 3 is 2.65 bits per heavy atom. The topological polar surface area (TPSA) is 47.6 Å². The number of aryl methyl sites for hydroxylation is 2. The molecule has 0 saturated carbocycles. The molecule has 0 aromatic heterocycles. The second-order valence-corrected chi connectivity index (χ2v) is 5.16. The van der Waals surface area contributed by atoms with Crippen LogP contribution in [0.25, 0.3) is 0 Å². The average Bonchev–Trinajstić information content (AvgIpc) is 2.39. The van der Waals surface area contributed by atoms with Crippen LogP contribution in [0.15, 0.2) is 18.2 Å². The number of rotatable bonds is 8. The van der Waals surface area contributed by atoms with Gasteiger partial charge in [0.15, 0.2) is 6.61 Å². The summed E-state index contributed by atoms with van der Waals surface area (Å²) < 4.78 is 10.9. The third-order valence-corrected chi connectivity index (χ3v) is 2.94. The fraction of sp³-hybridized carbons (Fsp3) is 0.562. The molecule has 0 aliphatic heterocycles. The van der Waals surface area contributed by atoms with Crippen molar-refractivity contribution < 1.29 is 14.3 Å². The lowest BCUT2D eigenvalue weighted by Crippen LogP contribution is -2.30. The van der Waals surface area contributed by atoms with Gasteiger partial charge in [0.05, 0.1) is 6.10 Å². The first-order chi connectivity index (χ1) is 9.49. The van der Waals surface area contributed by atoms with E-state index in [2.05, 4.69) is 5.32 Å². The Balaban J connectivity index is 2.18. The molecule has 0 unspecified atom stereocenters. The number of benzene rings is 1. The van der Waals surface area contributed by atoms with Gasteiger partial charge in [0, 0.05) is 13.2 Å². The van der Waals surface area contributed by atoms with Gasteiger partial charge < -0.3 is 14.8 Å². The fourth-order valence-electron chi connectivity index (χ4n) is 1.62. The van der Waals surface area contributed by atoms with Crippen molar-refractivity contribution in [3.63, 3.8) is 0 Å². The zero-order valence-electron chi connectivity index (χ0n) is 12.9. The van der Waals surface area contributed by atoms with E-state index in [4.69, 9.17) is 9.47 Å². The van der Waals surface area contributed by atoms with Crippen molar-refractivity contribution in [1.29, 1.82) is 0 Å². The van der Waals surface area contributed by atoms with Crippen molar-refractivity contribution in [2.45, 2.75) is 40.2 Å². The van der Waals surface area contributed by atoms with Gasteiger partial charge in [-0.05, 0) is 57.4 Å². The van der Waals surface area contributed by atoms with Crippen molar-refractivity contribution in [2.75, 3.05) is 19.8 Å². The summed E-state index contributed by atoms with van der Waals surface area (Å²) in [6.07, 6.45) is 1.05. The summed E-state index contributed by atoms with van der Waals surface area (Å²) in [4.78, 5) is 11.6. The zero-order valence-corrected chi connectivity index (χ0v) is 12.9. The Bertz CT molecular complexity index is 430. The van der Waals surface area contributed by atoms with Crippen molar-refractivity contribution in [3.8, 4) is 5.75 Å². The molecule has 0 atom stereocenters.